The first-order valence-electron chi connectivity index (χ1n) is 4.59. The summed E-state index contributed by atoms with van der Waals surface area (Å²) < 4.78 is 0. The average molecular weight is 177 g/mol. The van der Waals surface area contributed by atoms with Gasteiger partial charge in [-0.2, -0.15) is 0 Å². The molecule has 1 atom stereocenters. The van der Waals surface area contributed by atoms with Crippen LogP contribution < -0.4 is 0 Å². The third kappa shape index (κ3) is 2.35. The van der Waals surface area contributed by atoms with Gasteiger partial charge in [0, 0.05) is 12.5 Å². The molecule has 0 aliphatic carbocycles. The Balaban J connectivity index is 2.35. The van der Waals surface area contributed by atoms with Gasteiger partial charge >= 0.3 is 0 Å². The Bertz CT molecular complexity index is 259. The van der Waals surface area contributed by atoms with Crippen LogP contribution in [0, 0.1) is 11.8 Å². The van der Waals surface area contributed by atoms with Crippen LogP contribution in [-0.2, 0) is 4.79 Å². The average Bonchev–Trinajstić information content (AvgIpc) is 2.12. The number of nitrogens with zero attached hydrogens (tertiary/aromatic N) is 1. The Morgan fingerprint density at radius 3 is 3.08 bits per heavy atom. The monoisotopic (exact) mass is 177 g/mol. The van der Waals surface area contributed by atoms with Gasteiger partial charge in [0.05, 0.1) is 6.54 Å². The van der Waals surface area contributed by atoms with Crippen molar-refractivity contribution >= 4 is 5.91 Å². The predicted molar refractivity (Wildman–Crippen MR) is 53.0 cm³/mol. The van der Waals surface area contributed by atoms with Gasteiger partial charge in [-0.1, -0.05) is 12.0 Å². The number of allylic oxidation sites excluding steroid dienone is 1. The van der Waals surface area contributed by atoms with E-state index in [1.807, 2.05) is 11.0 Å². The van der Waals surface area contributed by atoms with Gasteiger partial charge in [-0.25, -0.2) is 0 Å². The van der Waals surface area contributed by atoms with Gasteiger partial charge in [-0.15, -0.1) is 12.5 Å². The Morgan fingerprint density at radius 2 is 2.54 bits per heavy atom. The molecule has 70 valence electrons. The van der Waals surface area contributed by atoms with E-state index in [1.165, 1.54) is 0 Å². The largest absolute Gasteiger partial charge is 0.328 e. The fourth-order valence-corrected chi connectivity index (χ4v) is 1.47. The van der Waals surface area contributed by atoms with Gasteiger partial charge in [0.1, 0.15) is 0 Å². The smallest absolute Gasteiger partial charge is 0.225 e. The van der Waals surface area contributed by atoms with Crippen molar-refractivity contribution in [3.63, 3.8) is 0 Å². The minimum Gasteiger partial charge on any atom is -0.328 e. The van der Waals surface area contributed by atoms with Gasteiger partial charge in [0.15, 0.2) is 0 Å². The number of amides is 1. The fraction of sp³-hybridized carbons (Fsp3) is 0.545. The highest BCUT2D eigenvalue weighted by Gasteiger charge is 2.34. The lowest BCUT2D eigenvalue weighted by molar-refractivity contribution is -0.144. The summed E-state index contributed by atoms with van der Waals surface area (Å²) in [6, 6.07) is 0.409. The van der Waals surface area contributed by atoms with Crippen molar-refractivity contribution in [1.29, 1.82) is 0 Å². The Kier molecular flexibility index (Phi) is 3.57. The van der Waals surface area contributed by atoms with Gasteiger partial charge < -0.3 is 4.90 Å². The highest BCUT2D eigenvalue weighted by atomic mass is 16.2. The van der Waals surface area contributed by atoms with Crippen LogP contribution in [0.25, 0.3) is 0 Å². The number of β-lactam (4-membered cyclic amide) rings is 1. The van der Waals surface area contributed by atoms with Gasteiger partial charge in [0.25, 0.3) is 0 Å². The van der Waals surface area contributed by atoms with E-state index in [-0.39, 0.29) is 5.91 Å². The molecule has 0 aromatic rings. The summed E-state index contributed by atoms with van der Waals surface area (Å²) in [4.78, 5) is 13.0. The Morgan fingerprint density at radius 1 is 1.77 bits per heavy atom. The molecule has 1 saturated heterocycles. The molecule has 1 amide bonds. The number of likely N-dealkylation sites (tertiary alicyclic amines) is 1. The highest BCUT2D eigenvalue weighted by molar-refractivity contribution is 5.83. The van der Waals surface area contributed by atoms with Crippen molar-refractivity contribution in [2.45, 2.75) is 32.2 Å². The number of hydrogen-bond donors (Lipinski definition) is 0. The summed E-state index contributed by atoms with van der Waals surface area (Å²) in [5, 5.41) is 0. The van der Waals surface area contributed by atoms with Gasteiger partial charge in [-0.3, -0.25) is 4.79 Å². The lowest BCUT2D eigenvalue weighted by atomic mass is 9.97. The summed E-state index contributed by atoms with van der Waals surface area (Å²) >= 11 is 0. The minimum atomic E-state index is 0.233. The molecule has 1 unspecified atom stereocenters. The van der Waals surface area contributed by atoms with E-state index < -0.39 is 0 Å². The first kappa shape index (κ1) is 9.85. The van der Waals surface area contributed by atoms with Crippen LogP contribution in [0.3, 0.4) is 0 Å². The van der Waals surface area contributed by atoms with E-state index in [9.17, 15) is 4.79 Å². The number of carbonyl (C=O) groups excluding carboxylic acids is 1. The molecule has 13 heavy (non-hydrogen) atoms. The second kappa shape index (κ2) is 4.71. The maximum atomic E-state index is 11.1. The standard InChI is InChI=1S/C11H15NO/c1-3-5-7-10-9-11(13)12(10)8-6-4-2/h3,10H,1,5,7-9H2,2H3. The first-order valence-corrected chi connectivity index (χ1v) is 4.59. The molecule has 0 spiro atoms. The second-order valence-corrected chi connectivity index (χ2v) is 3.17. The van der Waals surface area contributed by atoms with E-state index in [0.29, 0.717) is 19.0 Å². The van der Waals surface area contributed by atoms with E-state index in [1.54, 1.807) is 6.92 Å². The van der Waals surface area contributed by atoms with Gasteiger partial charge in [0.2, 0.25) is 5.91 Å². The Labute approximate surface area is 79.6 Å². The van der Waals surface area contributed by atoms with E-state index in [4.69, 9.17) is 0 Å². The maximum Gasteiger partial charge on any atom is 0.225 e. The van der Waals surface area contributed by atoms with E-state index in [2.05, 4.69) is 18.4 Å². The normalized spacial score (nSPS) is 20.2. The summed E-state index contributed by atoms with van der Waals surface area (Å²) in [6.45, 7) is 6.05. The lowest BCUT2D eigenvalue weighted by Crippen LogP contribution is -2.52. The molecular formula is C11H15NO. The second-order valence-electron chi connectivity index (χ2n) is 3.17. The van der Waals surface area contributed by atoms with Crippen LogP contribution in [0.2, 0.25) is 0 Å². The zero-order chi connectivity index (χ0) is 9.68. The molecule has 1 aliphatic heterocycles. The molecule has 0 saturated carbocycles. The molecule has 2 heteroatoms. The molecule has 1 heterocycles. The fourth-order valence-electron chi connectivity index (χ4n) is 1.47. The topological polar surface area (TPSA) is 20.3 Å². The van der Waals surface area contributed by atoms with Crippen LogP contribution >= 0.6 is 0 Å². The van der Waals surface area contributed by atoms with Crippen molar-refractivity contribution < 1.29 is 4.79 Å². The molecule has 2 nitrogen and oxygen atoms in total. The zero-order valence-electron chi connectivity index (χ0n) is 8.05. The zero-order valence-corrected chi connectivity index (χ0v) is 8.05. The third-order valence-corrected chi connectivity index (χ3v) is 2.30. The van der Waals surface area contributed by atoms with Crippen LogP contribution in [-0.4, -0.2) is 23.4 Å². The molecule has 1 rings (SSSR count). The van der Waals surface area contributed by atoms with Crippen LogP contribution in [0.15, 0.2) is 12.7 Å². The van der Waals surface area contributed by atoms with E-state index >= 15 is 0 Å². The number of carbonyl (C=O) groups is 1. The molecule has 0 radical (unpaired) electrons. The van der Waals surface area contributed by atoms with Crippen LogP contribution in [0.4, 0.5) is 0 Å². The predicted octanol–water partition coefficient (Wildman–Crippen LogP) is 1.58. The molecule has 0 aromatic carbocycles. The molecule has 1 aliphatic rings. The molecule has 0 bridgehead atoms. The summed E-state index contributed by atoms with van der Waals surface area (Å²) in [6.07, 6.45) is 4.60. The van der Waals surface area contributed by atoms with E-state index in [0.717, 1.165) is 12.8 Å². The van der Waals surface area contributed by atoms with Crippen molar-refractivity contribution in [3.05, 3.63) is 12.7 Å². The number of hydrogen-bond acceptors (Lipinski definition) is 1. The van der Waals surface area contributed by atoms with Crippen molar-refractivity contribution in [3.8, 4) is 11.8 Å². The van der Waals surface area contributed by atoms with Crippen molar-refractivity contribution in [1.82, 2.24) is 4.90 Å². The third-order valence-electron chi connectivity index (χ3n) is 2.30. The minimum absolute atomic E-state index is 0.233. The summed E-state index contributed by atoms with van der Waals surface area (Å²) in [5.74, 6) is 5.95. The Hall–Kier alpha value is -1.23. The molecule has 0 aromatic heterocycles. The summed E-state index contributed by atoms with van der Waals surface area (Å²) in [7, 11) is 0. The quantitative estimate of drug-likeness (QED) is 0.362. The van der Waals surface area contributed by atoms with Crippen LogP contribution in [0.1, 0.15) is 26.2 Å². The first-order chi connectivity index (χ1) is 6.29. The maximum absolute atomic E-state index is 11.1. The molecular weight excluding hydrogens is 162 g/mol. The summed E-state index contributed by atoms with van der Waals surface area (Å²) in [5.41, 5.74) is 0. The number of rotatable bonds is 4. The SMILES string of the molecule is C=CCCC1CC(=O)N1CC#CC. The van der Waals surface area contributed by atoms with Crippen LogP contribution in [0.5, 0.6) is 0 Å². The van der Waals surface area contributed by atoms with Crippen molar-refractivity contribution in [2.24, 2.45) is 0 Å². The highest BCUT2D eigenvalue weighted by Crippen LogP contribution is 2.22. The van der Waals surface area contributed by atoms with Crippen molar-refractivity contribution in [2.75, 3.05) is 6.54 Å². The lowest BCUT2D eigenvalue weighted by Gasteiger charge is -2.39. The molecule has 1 fully saturated rings. The van der Waals surface area contributed by atoms with Gasteiger partial charge in [-0.05, 0) is 19.8 Å². The molecule has 0 N–H and O–H groups in total.